The summed E-state index contributed by atoms with van der Waals surface area (Å²) in [6.07, 6.45) is 0. The molecule has 88 valence electrons. The van der Waals surface area contributed by atoms with Crippen LogP contribution in [0.1, 0.15) is 20.8 Å². The van der Waals surface area contributed by atoms with Crippen molar-refractivity contribution in [2.24, 2.45) is 11.3 Å². The first-order valence-electron chi connectivity index (χ1n) is 5.58. The van der Waals surface area contributed by atoms with Crippen LogP contribution in [-0.2, 0) is 0 Å². The lowest BCUT2D eigenvalue weighted by atomic mass is 9.76. The second-order valence-electron chi connectivity index (χ2n) is 5.56. The average Bonchev–Trinajstić information content (AvgIpc) is 2.06. The van der Waals surface area contributed by atoms with Gasteiger partial charge in [0, 0.05) is 22.6 Å². The molecule has 0 unspecified atom stereocenters. The third-order valence-electron chi connectivity index (χ3n) is 3.36. The highest BCUT2D eigenvalue weighted by Gasteiger charge is 2.36. The minimum atomic E-state index is 0.404. The van der Waals surface area contributed by atoms with E-state index in [-0.39, 0.29) is 0 Å². The van der Waals surface area contributed by atoms with Crippen molar-refractivity contribution in [1.82, 2.24) is 0 Å². The van der Waals surface area contributed by atoms with Gasteiger partial charge in [0.05, 0.1) is 5.69 Å². The van der Waals surface area contributed by atoms with Crippen molar-refractivity contribution in [3.8, 4) is 0 Å². The Kier molecular flexibility index (Phi) is 3.24. The molecule has 0 aromatic heterocycles. The summed E-state index contributed by atoms with van der Waals surface area (Å²) in [5.41, 5.74) is 1.62. The Bertz CT molecular complexity index is 391. The van der Waals surface area contributed by atoms with E-state index in [1.54, 1.807) is 0 Å². The van der Waals surface area contributed by atoms with Gasteiger partial charge in [-0.1, -0.05) is 32.4 Å². The van der Waals surface area contributed by atoms with Crippen LogP contribution in [0.3, 0.4) is 0 Å². The fourth-order valence-electron chi connectivity index (χ4n) is 1.95. The van der Waals surface area contributed by atoms with E-state index in [0.29, 0.717) is 5.41 Å². The van der Waals surface area contributed by atoms with Crippen molar-refractivity contribution >= 4 is 33.2 Å². The highest BCUT2D eigenvalue weighted by atomic mass is 79.9. The first-order valence-corrected chi connectivity index (χ1v) is 6.75. The number of hydrogen-bond donors (Lipinski definition) is 0. The Labute approximate surface area is 111 Å². The maximum atomic E-state index is 6.02. The molecule has 3 heteroatoms. The summed E-state index contributed by atoms with van der Waals surface area (Å²) < 4.78 is 1.13. The molecule has 0 aliphatic carbocycles. The van der Waals surface area contributed by atoms with E-state index in [9.17, 15) is 0 Å². The van der Waals surface area contributed by atoms with Gasteiger partial charge in [0.15, 0.2) is 0 Å². The zero-order valence-corrected chi connectivity index (χ0v) is 12.3. The Morgan fingerprint density at radius 3 is 2.50 bits per heavy atom. The van der Waals surface area contributed by atoms with Crippen LogP contribution in [-0.4, -0.2) is 13.1 Å². The quantitative estimate of drug-likeness (QED) is 0.733. The first kappa shape index (κ1) is 12.3. The summed E-state index contributed by atoms with van der Waals surface area (Å²) in [5, 5.41) is 0.803. The highest BCUT2D eigenvalue weighted by Crippen LogP contribution is 2.39. The minimum Gasteiger partial charge on any atom is -0.370 e. The SMILES string of the molecule is CC(C)(C)C1CN(c2cc(Cl)ccc2Br)C1. The zero-order chi connectivity index (χ0) is 11.9. The standard InChI is InChI=1S/C13H17BrClN/c1-13(2,3)9-7-16(8-9)12-6-10(15)4-5-11(12)14/h4-6,9H,7-8H2,1-3H3. The number of halogens is 2. The van der Waals surface area contributed by atoms with Gasteiger partial charge in [-0.15, -0.1) is 0 Å². The van der Waals surface area contributed by atoms with E-state index < -0.39 is 0 Å². The summed E-state index contributed by atoms with van der Waals surface area (Å²) in [6, 6.07) is 5.96. The molecule has 16 heavy (non-hydrogen) atoms. The molecule has 0 N–H and O–H groups in total. The van der Waals surface area contributed by atoms with E-state index in [1.807, 2.05) is 18.2 Å². The van der Waals surface area contributed by atoms with Gasteiger partial charge in [0.1, 0.15) is 0 Å². The third kappa shape index (κ3) is 2.38. The number of hydrogen-bond acceptors (Lipinski definition) is 1. The molecule has 1 aliphatic heterocycles. The van der Waals surface area contributed by atoms with Gasteiger partial charge in [-0.05, 0) is 45.5 Å². The molecule has 0 amide bonds. The van der Waals surface area contributed by atoms with Crippen LogP contribution in [0.2, 0.25) is 5.02 Å². The first-order chi connectivity index (χ1) is 7.38. The summed E-state index contributed by atoms with van der Waals surface area (Å²) >= 11 is 9.60. The van der Waals surface area contributed by atoms with E-state index >= 15 is 0 Å². The molecule has 0 radical (unpaired) electrons. The monoisotopic (exact) mass is 301 g/mol. The molecule has 0 bridgehead atoms. The molecule has 1 aromatic rings. The Balaban J connectivity index is 2.09. The van der Waals surface area contributed by atoms with Crippen LogP contribution < -0.4 is 4.90 Å². The normalized spacial score (nSPS) is 17.4. The predicted molar refractivity (Wildman–Crippen MR) is 74.3 cm³/mol. The molecule has 1 aromatic carbocycles. The van der Waals surface area contributed by atoms with Gasteiger partial charge in [0.2, 0.25) is 0 Å². The topological polar surface area (TPSA) is 3.24 Å². The van der Waals surface area contributed by atoms with Crippen molar-refractivity contribution in [3.63, 3.8) is 0 Å². The van der Waals surface area contributed by atoms with E-state index in [0.717, 1.165) is 28.5 Å². The average molecular weight is 303 g/mol. The van der Waals surface area contributed by atoms with Gasteiger partial charge in [-0.2, -0.15) is 0 Å². The molecule has 1 saturated heterocycles. The molecule has 1 nitrogen and oxygen atoms in total. The number of benzene rings is 1. The molecular formula is C13H17BrClN. The second-order valence-corrected chi connectivity index (χ2v) is 6.85. The summed E-state index contributed by atoms with van der Waals surface area (Å²) in [5.74, 6) is 0.776. The van der Waals surface area contributed by atoms with Crippen LogP contribution in [0.5, 0.6) is 0 Å². The van der Waals surface area contributed by atoms with Crippen molar-refractivity contribution in [1.29, 1.82) is 0 Å². The number of nitrogens with zero attached hydrogens (tertiary/aromatic N) is 1. The molecule has 0 atom stereocenters. The summed E-state index contributed by atoms with van der Waals surface area (Å²) in [4.78, 5) is 2.38. The van der Waals surface area contributed by atoms with Gasteiger partial charge in [-0.3, -0.25) is 0 Å². The molecule has 1 heterocycles. The van der Waals surface area contributed by atoms with Crippen LogP contribution in [0.4, 0.5) is 5.69 Å². The fourth-order valence-corrected chi connectivity index (χ4v) is 2.61. The molecule has 0 spiro atoms. The third-order valence-corrected chi connectivity index (χ3v) is 4.26. The maximum Gasteiger partial charge on any atom is 0.0525 e. The van der Waals surface area contributed by atoms with Gasteiger partial charge in [-0.25, -0.2) is 0 Å². The zero-order valence-electron chi connectivity index (χ0n) is 9.93. The Morgan fingerprint density at radius 2 is 1.94 bits per heavy atom. The van der Waals surface area contributed by atoms with Crippen molar-refractivity contribution in [3.05, 3.63) is 27.7 Å². The van der Waals surface area contributed by atoms with Crippen LogP contribution in [0, 0.1) is 11.3 Å². The molecular weight excluding hydrogens is 286 g/mol. The predicted octanol–water partition coefficient (Wildman–Crippen LogP) is 4.58. The van der Waals surface area contributed by atoms with E-state index in [1.165, 1.54) is 5.69 Å². The molecule has 0 saturated carbocycles. The fraction of sp³-hybridized carbons (Fsp3) is 0.538. The Morgan fingerprint density at radius 1 is 1.31 bits per heavy atom. The minimum absolute atomic E-state index is 0.404. The second kappa shape index (κ2) is 4.23. The van der Waals surface area contributed by atoms with Crippen LogP contribution in [0.15, 0.2) is 22.7 Å². The van der Waals surface area contributed by atoms with E-state index in [2.05, 4.69) is 41.6 Å². The largest absolute Gasteiger partial charge is 0.370 e. The lowest BCUT2D eigenvalue weighted by Crippen LogP contribution is -2.52. The van der Waals surface area contributed by atoms with Crippen molar-refractivity contribution in [2.45, 2.75) is 20.8 Å². The van der Waals surface area contributed by atoms with E-state index in [4.69, 9.17) is 11.6 Å². The number of anilines is 1. The van der Waals surface area contributed by atoms with Crippen molar-refractivity contribution in [2.75, 3.05) is 18.0 Å². The van der Waals surface area contributed by atoms with Crippen LogP contribution in [0.25, 0.3) is 0 Å². The Hall–Kier alpha value is -0.210. The number of rotatable bonds is 1. The smallest absolute Gasteiger partial charge is 0.0525 e. The summed E-state index contributed by atoms with van der Waals surface area (Å²) in [6.45, 7) is 9.18. The van der Waals surface area contributed by atoms with Crippen LogP contribution >= 0.6 is 27.5 Å². The van der Waals surface area contributed by atoms with Gasteiger partial charge >= 0.3 is 0 Å². The highest BCUT2D eigenvalue weighted by molar-refractivity contribution is 9.10. The lowest BCUT2D eigenvalue weighted by Gasteiger charge is -2.48. The maximum absolute atomic E-state index is 6.02. The molecule has 1 fully saturated rings. The summed E-state index contributed by atoms with van der Waals surface area (Å²) in [7, 11) is 0. The molecule has 1 aliphatic rings. The lowest BCUT2D eigenvalue weighted by molar-refractivity contribution is 0.195. The van der Waals surface area contributed by atoms with Gasteiger partial charge in [0.25, 0.3) is 0 Å². The van der Waals surface area contributed by atoms with Gasteiger partial charge < -0.3 is 4.90 Å². The van der Waals surface area contributed by atoms with Crippen molar-refractivity contribution < 1.29 is 0 Å². The molecule has 2 rings (SSSR count).